The maximum Gasteiger partial charge on any atom is 0.242 e. The van der Waals surface area contributed by atoms with Crippen molar-refractivity contribution in [2.45, 2.75) is 44.6 Å². The number of aromatic nitrogens is 4. The van der Waals surface area contributed by atoms with Gasteiger partial charge in [0.2, 0.25) is 5.95 Å². The van der Waals surface area contributed by atoms with Gasteiger partial charge < -0.3 is 10.2 Å². The summed E-state index contributed by atoms with van der Waals surface area (Å²) in [6, 6.07) is 0.801. The second-order valence-electron chi connectivity index (χ2n) is 5.18. The van der Waals surface area contributed by atoms with Crippen molar-refractivity contribution in [3.05, 3.63) is 0 Å². The average Bonchev–Trinajstić information content (AvgIpc) is 2.81. The standard InChI is InChI=1S/C12H24N6/c1-17(11-7-4-3-5-8-11)10-6-9-13-12-14-15-16-18(12)2/h11H,3-10H2,1-2H3,(H,13,14,16). The maximum absolute atomic E-state index is 3.90. The molecule has 1 aromatic heterocycles. The minimum atomic E-state index is 0.746. The first-order valence-electron chi connectivity index (χ1n) is 6.94. The molecular formula is C12H24N6. The summed E-state index contributed by atoms with van der Waals surface area (Å²) in [5.41, 5.74) is 0. The lowest BCUT2D eigenvalue weighted by molar-refractivity contribution is 0.191. The number of anilines is 1. The smallest absolute Gasteiger partial charge is 0.242 e. The highest BCUT2D eigenvalue weighted by Gasteiger charge is 2.17. The highest BCUT2D eigenvalue weighted by atomic mass is 15.6. The van der Waals surface area contributed by atoms with Crippen LogP contribution in [0.25, 0.3) is 0 Å². The minimum absolute atomic E-state index is 0.746. The molecule has 1 aliphatic carbocycles. The molecule has 0 saturated heterocycles. The van der Waals surface area contributed by atoms with Crippen LogP contribution in [-0.2, 0) is 7.05 Å². The molecule has 6 heteroatoms. The molecule has 0 aromatic carbocycles. The SMILES string of the molecule is CN(CCCNc1nnnn1C)C1CCCCC1. The van der Waals surface area contributed by atoms with E-state index in [-0.39, 0.29) is 0 Å². The molecular weight excluding hydrogens is 228 g/mol. The van der Waals surface area contributed by atoms with Crippen LogP contribution in [0.15, 0.2) is 0 Å². The lowest BCUT2D eigenvalue weighted by atomic mass is 9.94. The zero-order valence-electron chi connectivity index (χ0n) is 11.5. The molecule has 1 aliphatic rings. The first-order chi connectivity index (χ1) is 8.77. The lowest BCUT2D eigenvalue weighted by Gasteiger charge is -2.31. The molecule has 2 rings (SSSR count). The monoisotopic (exact) mass is 252 g/mol. The molecule has 0 amide bonds. The lowest BCUT2D eigenvalue weighted by Crippen LogP contribution is -2.34. The maximum atomic E-state index is 3.90. The number of hydrogen-bond acceptors (Lipinski definition) is 5. The van der Waals surface area contributed by atoms with Crippen molar-refractivity contribution in [1.29, 1.82) is 0 Å². The van der Waals surface area contributed by atoms with E-state index < -0.39 is 0 Å². The first kappa shape index (κ1) is 13.3. The van der Waals surface area contributed by atoms with Crippen LogP contribution in [0.2, 0.25) is 0 Å². The van der Waals surface area contributed by atoms with Crippen molar-refractivity contribution >= 4 is 5.95 Å². The molecule has 102 valence electrons. The van der Waals surface area contributed by atoms with Gasteiger partial charge in [0, 0.05) is 19.6 Å². The van der Waals surface area contributed by atoms with E-state index in [1.165, 1.54) is 32.1 Å². The van der Waals surface area contributed by atoms with Crippen LogP contribution in [0.4, 0.5) is 5.95 Å². The van der Waals surface area contributed by atoms with Crippen LogP contribution < -0.4 is 5.32 Å². The van der Waals surface area contributed by atoms with Gasteiger partial charge in [0.1, 0.15) is 0 Å². The Balaban J connectivity index is 1.61. The molecule has 0 spiro atoms. The Morgan fingerprint density at radius 2 is 2.11 bits per heavy atom. The van der Waals surface area contributed by atoms with E-state index in [0.717, 1.165) is 31.5 Å². The molecule has 1 heterocycles. The van der Waals surface area contributed by atoms with E-state index in [0.29, 0.717) is 0 Å². The average molecular weight is 252 g/mol. The topological polar surface area (TPSA) is 58.9 Å². The zero-order chi connectivity index (χ0) is 12.8. The van der Waals surface area contributed by atoms with Crippen LogP contribution >= 0.6 is 0 Å². The molecule has 18 heavy (non-hydrogen) atoms. The van der Waals surface area contributed by atoms with Crippen molar-refractivity contribution in [2.24, 2.45) is 7.05 Å². The third-order valence-corrected chi connectivity index (χ3v) is 3.79. The highest BCUT2D eigenvalue weighted by Crippen LogP contribution is 2.21. The molecule has 6 nitrogen and oxygen atoms in total. The molecule has 1 saturated carbocycles. The van der Waals surface area contributed by atoms with E-state index in [1.807, 2.05) is 7.05 Å². The van der Waals surface area contributed by atoms with Crippen LogP contribution in [0, 0.1) is 0 Å². The molecule has 0 unspecified atom stereocenters. The molecule has 0 aliphatic heterocycles. The molecule has 1 N–H and O–H groups in total. The fourth-order valence-corrected chi connectivity index (χ4v) is 2.61. The van der Waals surface area contributed by atoms with E-state index in [1.54, 1.807) is 4.68 Å². The number of aryl methyl sites for hydroxylation is 1. The van der Waals surface area contributed by atoms with Crippen molar-refractivity contribution in [2.75, 3.05) is 25.5 Å². The van der Waals surface area contributed by atoms with Crippen LogP contribution in [-0.4, -0.2) is 51.3 Å². The van der Waals surface area contributed by atoms with Crippen LogP contribution in [0.5, 0.6) is 0 Å². The number of tetrazole rings is 1. The van der Waals surface area contributed by atoms with Gasteiger partial charge in [0.15, 0.2) is 0 Å². The Bertz CT molecular complexity index is 344. The van der Waals surface area contributed by atoms with E-state index in [9.17, 15) is 0 Å². The Morgan fingerprint density at radius 3 is 2.78 bits per heavy atom. The third-order valence-electron chi connectivity index (χ3n) is 3.79. The van der Waals surface area contributed by atoms with Gasteiger partial charge >= 0.3 is 0 Å². The summed E-state index contributed by atoms with van der Waals surface area (Å²) >= 11 is 0. The second-order valence-corrected chi connectivity index (χ2v) is 5.18. The first-order valence-corrected chi connectivity index (χ1v) is 6.94. The summed E-state index contributed by atoms with van der Waals surface area (Å²) in [6.45, 7) is 2.06. The summed E-state index contributed by atoms with van der Waals surface area (Å²) < 4.78 is 1.66. The zero-order valence-corrected chi connectivity index (χ0v) is 11.5. The van der Waals surface area contributed by atoms with Gasteiger partial charge in [0.05, 0.1) is 0 Å². The highest BCUT2D eigenvalue weighted by molar-refractivity contribution is 5.20. The van der Waals surface area contributed by atoms with Crippen LogP contribution in [0.1, 0.15) is 38.5 Å². The Labute approximate surface area is 109 Å². The fraction of sp³-hybridized carbons (Fsp3) is 0.917. The summed E-state index contributed by atoms with van der Waals surface area (Å²) in [4.78, 5) is 2.51. The van der Waals surface area contributed by atoms with Gasteiger partial charge in [-0.25, -0.2) is 4.68 Å². The number of nitrogens with one attached hydrogen (secondary N) is 1. The fourth-order valence-electron chi connectivity index (χ4n) is 2.61. The van der Waals surface area contributed by atoms with E-state index in [4.69, 9.17) is 0 Å². The summed E-state index contributed by atoms with van der Waals surface area (Å²) in [5.74, 6) is 0.746. The summed E-state index contributed by atoms with van der Waals surface area (Å²) in [6.07, 6.45) is 8.09. The van der Waals surface area contributed by atoms with Crippen molar-refractivity contribution in [3.63, 3.8) is 0 Å². The Kier molecular flexibility index (Phi) is 4.92. The number of rotatable bonds is 6. The van der Waals surface area contributed by atoms with Gasteiger partial charge in [-0.05, 0) is 43.3 Å². The van der Waals surface area contributed by atoms with E-state index in [2.05, 4.69) is 32.8 Å². The Morgan fingerprint density at radius 1 is 1.33 bits per heavy atom. The van der Waals surface area contributed by atoms with Crippen molar-refractivity contribution in [3.8, 4) is 0 Å². The molecule has 0 bridgehead atoms. The number of hydrogen-bond donors (Lipinski definition) is 1. The summed E-state index contributed by atoms with van der Waals surface area (Å²) in [5, 5.41) is 14.5. The van der Waals surface area contributed by atoms with Gasteiger partial charge in [-0.15, -0.1) is 0 Å². The van der Waals surface area contributed by atoms with Crippen molar-refractivity contribution in [1.82, 2.24) is 25.1 Å². The molecule has 0 radical (unpaired) electrons. The predicted molar refractivity (Wildman–Crippen MR) is 71.4 cm³/mol. The normalized spacial score (nSPS) is 17.3. The molecule has 1 fully saturated rings. The van der Waals surface area contributed by atoms with Crippen LogP contribution in [0.3, 0.4) is 0 Å². The van der Waals surface area contributed by atoms with E-state index >= 15 is 0 Å². The quantitative estimate of drug-likeness (QED) is 0.773. The largest absolute Gasteiger partial charge is 0.353 e. The predicted octanol–water partition coefficient (Wildman–Crippen LogP) is 1.28. The number of nitrogens with zero attached hydrogens (tertiary/aromatic N) is 5. The van der Waals surface area contributed by atoms with Crippen molar-refractivity contribution < 1.29 is 0 Å². The summed E-state index contributed by atoms with van der Waals surface area (Å²) in [7, 11) is 4.09. The Hall–Kier alpha value is -1.17. The molecule has 1 aromatic rings. The van der Waals surface area contributed by atoms with Gasteiger partial charge in [-0.2, -0.15) is 0 Å². The third kappa shape index (κ3) is 3.66. The van der Waals surface area contributed by atoms with Gasteiger partial charge in [-0.1, -0.05) is 24.4 Å². The van der Waals surface area contributed by atoms with Gasteiger partial charge in [0.25, 0.3) is 0 Å². The minimum Gasteiger partial charge on any atom is -0.353 e. The molecule has 0 atom stereocenters. The van der Waals surface area contributed by atoms with Gasteiger partial charge in [-0.3, -0.25) is 0 Å². The second kappa shape index (κ2) is 6.68.